The van der Waals surface area contributed by atoms with Gasteiger partial charge in [-0.3, -0.25) is 14.2 Å². The molecule has 1 atom stereocenters. The Morgan fingerprint density at radius 2 is 1.79 bits per heavy atom. The van der Waals surface area contributed by atoms with Gasteiger partial charge in [0.2, 0.25) is 5.91 Å². The van der Waals surface area contributed by atoms with Crippen LogP contribution in [0.25, 0.3) is 0 Å². The summed E-state index contributed by atoms with van der Waals surface area (Å²) < 4.78 is 31.2. The molecule has 2 N–H and O–H groups in total. The molecule has 1 aliphatic heterocycles. The lowest BCUT2D eigenvalue weighted by molar-refractivity contribution is -0.122. The van der Waals surface area contributed by atoms with E-state index in [1.54, 1.807) is 0 Å². The van der Waals surface area contributed by atoms with Crippen molar-refractivity contribution >= 4 is 53.6 Å². The van der Waals surface area contributed by atoms with Gasteiger partial charge in [-0.25, -0.2) is 0 Å². The highest BCUT2D eigenvalue weighted by Gasteiger charge is 2.28. The third-order valence-corrected chi connectivity index (χ3v) is 8.36. The maximum atomic E-state index is 12.7. The summed E-state index contributed by atoms with van der Waals surface area (Å²) in [5.41, 5.74) is 3.27. The highest BCUT2D eigenvalue weighted by Crippen LogP contribution is 2.26. The van der Waals surface area contributed by atoms with E-state index in [4.69, 9.17) is 4.55 Å². The second-order valence-electron chi connectivity index (χ2n) is 8.21. The Bertz CT molecular complexity index is 1040. The lowest BCUT2D eigenvalue weighted by Gasteiger charge is -2.34. The molecule has 2 aromatic carbocycles. The van der Waals surface area contributed by atoms with E-state index in [1.165, 1.54) is 37.5 Å². The van der Waals surface area contributed by atoms with Gasteiger partial charge in [-0.05, 0) is 107 Å². The molecule has 6 nitrogen and oxygen atoms in total. The summed E-state index contributed by atoms with van der Waals surface area (Å²) >= 11 is 6.29. The average molecular weight is 604 g/mol. The quantitative estimate of drug-likeness (QED) is 0.375. The molecule has 0 saturated carbocycles. The highest BCUT2D eigenvalue weighted by molar-refractivity contribution is 9.13. The first-order valence-electron chi connectivity index (χ1n) is 11.1. The number of hydrogen-bond donors (Lipinski definition) is 2. The second-order valence-corrected chi connectivity index (χ2v) is 11.3. The van der Waals surface area contributed by atoms with Crippen LogP contribution in [0.5, 0.6) is 0 Å². The fraction of sp³-hybridized carbons (Fsp3) is 0.458. The lowest BCUT2D eigenvalue weighted by Crippen LogP contribution is -2.47. The van der Waals surface area contributed by atoms with Crippen molar-refractivity contribution in [2.24, 2.45) is 0 Å². The molecule has 33 heavy (non-hydrogen) atoms. The van der Waals surface area contributed by atoms with Crippen molar-refractivity contribution in [3.05, 3.63) is 56.5 Å². The molecule has 1 amide bonds. The Hall–Kier alpha value is -1.26. The Morgan fingerprint density at radius 1 is 1.12 bits per heavy atom. The maximum absolute atomic E-state index is 12.7. The molecule has 3 rings (SSSR count). The number of nitrogens with one attached hydrogen (secondary N) is 1. The number of para-hydroxylation sites is 1. The molecule has 2 aromatic rings. The third-order valence-electron chi connectivity index (χ3n) is 5.63. The smallest absolute Gasteiger partial charge is 0.294 e. The van der Waals surface area contributed by atoms with Crippen LogP contribution in [0, 0.1) is 13.8 Å². The third kappa shape index (κ3) is 8.47. The standard InChI is InChI=1S/C18H28N2O.C6H4Br2O3S/c1-4-5-12-20-13-7-6-11-16(20)18(21)19-17-14(2)9-8-10-15(17)3;7-5-2-1-4(3-6(5)8)12(9,10)11/h8-10,16H,4-7,11-13H2,1-3H3,(H,19,21);1-3H,(H,9,10,11). The van der Waals surface area contributed by atoms with Crippen LogP contribution >= 0.6 is 31.9 Å². The number of carbonyl (C=O) groups is 1. The van der Waals surface area contributed by atoms with E-state index in [2.05, 4.69) is 75.0 Å². The summed E-state index contributed by atoms with van der Waals surface area (Å²) in [5, 5.41) is 3.17. The summed E-state index contributed by atoms with van der Waals surface area (Å²) in [6.07, 6.45) is 5.72. The molecule has 1 saturated heterocycles. The zero-order valence-corrected chi connectivity index (χ0v) is 23.3. The van der Waals surface area contributed by atoms with Crippen LogP contribution in [-0.2, 0) is 14.9 Å². The van der Waals surface area contributed by atoms with Gasteiger partial charge in [0, 0.05) is 14.6 Å². The molecule has 0 aliphatic carbocycles. The van der Waals surface area contributed by atoms with E-state index in [-0.39, 0.29) is 16.8 Å². The van der Waals surface area contributed by atoms with Crippen molar-refractivity contribution in [3.63, 3.8) is 0 Å². The number of anilines is 1. The van der Waals surface area contributed by atoms with Gasteiger partial charge in [0.05, 0.1) is 10.9 Å². The number of rotatable bonds is 6. The van der Waals surface area contributed by atoms with Crippen LogP contribution < -0.4 is 5.32 Å². The van der Waals surface area contributed by atoms with Crippen LogP contribution in [0.15, 0.2) is 50.2 Å². The van der Waals surface area contributed by atoms with Gasteiger partial charge >= 0.3 is 0 Å². The molecule has 0 radical (unpaired) electrons. The minimum absolute atomic E-state index is 0.0457. The van der Waals surface area contributed by atoms with Gasteiger partial charge in [0.1, 0.15) is 0 Å². The SMILES string of the molecule is CCCCN1CCCCC1C(=O)Nc1c(C)cccc1C.O=S(=O)(O)c1ccc(Br)c(Br)c1. The summed E-state index contributed by atoms with van der Waals surface area (Å²) in [6, 6.07) is 10.4. The van der Waals surface area contributed by atoms with Crippen molar-refractivity contribution in [2.75, 3.05) is 18.4 Å². The van der Waals surface area contributed by atoms with Crippen molar-refractivity contribution < 1.29 is 17.8 Å². The Kier molecular flexibility index (Phi) is 11.0. The molecule has 182 valence electrons. The molecule has 1 aliphatic rings. The summed E-state index contributed by atoms with van der Waals surface area (Å²) in [4.78, 5) is 14.9. The zero-order valence-electron chi connectivity index (χ0n) is 19.3. The van der Waals surface area contributed by atoms with Gasteiger partial charge in [-0.2, -0.15) is 8.42 Å². The molecule has 0 spiro atoms. The Balaban J connectivity index is 0.000000273. The van der Waals surface area contributed by atoms with Gasteiger partial charge in [-0.1, -0.05) is 38.0 Å². The minimum Gasteiger partial charge on any atom is -0.324 e. The van der Waals surface area contributed by atoms with Crippen LogP contribution in [-0.4, -0.2) is 42.9 Å². The number of amides is 1. The molecule has 1 fully saturated rings. The number of unbranched alkanes of at least 4 members (excludes halogenated alkanes) is 1. The Morgan fingerprint density at radius 3 is 2.36 bits per heavy atom. The monoisotopic (exact) mass is 602 g/mol. The van der Waals surface area contributed by atoms with E-state index in [1.807, 2.05) is 6.07 Å². The number of likely N-dealkylation sites (tertiary alicyclic amines) is 1. The Labute approximate surface area is 214 Å². The van der Waals surface area contributed by atoms with Crippen LogP contribution in [0.1, 0.15) is 50.2 Å². The fourth-order valence-electron chi connectivity index (χ4n) is 3.77. The molecule has 1 heterocycles. The van der Waals surface area contributed by atoms with E-state index in [0.29, 0.717) is 4.47 Å². The molecule has 1 unspecified atom stereocenters. The molecule has 0 aromatic heterocycles. The number of benzene rings is 2. The maximum Gasteiger partial charge on any atom is 0.294 e. The predicted molar refractivity (Wildman–Crippen MR) is 140 cm³/mol. The summed E-state index contributed by atoms with van der Waals surface area (Å²) in [6.45, 7) is 8.42. The number of aryl methyl sites for hydroxylation is 2. The number of halogens is 2. The van der Waals surface area contributed by atoms with Crippen molar-refractivity contribution in [2.45, 2.75) is 63.8 Å². The van der Waals surface area contributed by atoms with E-state index in [9.17, 15) is 13.2 Å². The van der Waals surface area contributed by atoms with Gasteiger partial charge < -0.3 is 5.32 Å². The van der Waals surface area contributed by atoms with Crippen molar-refractivity contribution in [1.29, 1.82) is 0 Å². The second kappa shape index (κ2) is 13.0. The number of nitrogens with zero attached hydrogens (tertiary/aromatic N) is 1. The molecular weight excluding hydrogens is 572 g/mol. The number of piperidine rings is 1. The zero-order chi connectivity index (χ0) is 24.6. The fourth-order valence-corrected chi connectivity index (χ4v) is 5.06. The van der Waals surface area contributed by atoms with Crippen LogP contribution in [0.2, 0.25) is 0 Å². The summed E-state index contributed by atoms with van der Waals surface area (Å²) in [5.74, 6) is 0.170. The van der Waals surface area contributed by atoms with E-state index >= 15 is 0 Å². The predicted octanol–water partition coefficient (Wildman–Crippen LogP) is 6.35. The largest absolute Gasteiger partial charge is 0.324 e. The number of hydrogen-bond acceptors (Lipinski definition) is 4. The first-order valence-corrected chi connectivity index (χ1v) is 14.1. The summed E-state index contributed by atoms with van der Waals surface area (Å²) in [7, 11) is -4.09. The first kappa shape index (κ1) is 28.0. The van der Waals surface area contributed by atoms with Crippen LogP contribution in [0.3, 0.4) is 0 Å². The first-order chi connectivity index (χ1) is 15.5. The highest BCUT2D eigenvalue weighted by atomic mass is 79.9. The normalized spacial score (nSPS) is 16.6. The lowest BCUT2D eigenvalue weighted by atomic mass is 10.00. The number of carbonyl (C=O) groups excluding carboxylic acids is 1. The molecule has 0 bridgehead atoms. The average Bonchev–Trinajstić information content (AvgIpc) is 2.76. The van der Waals surface area contributed by atoms with Gasteiger partial charge in [0.15, 0.2) is 0 Å². The van der Waals surface area contributed by atoms with Crippen LogP contribution in [0.4, 0.5) is 5.69 Å². The van der Waals surface area contributed by atoms with Gasteiger partial charge in [0.25, 0.3) is 10.1 Å². The molecule has 9 heteroatoms. The topological polar surface area (TPSA) is 86.7 Å². The van der Waals surface area contributed by atoms with Crippen molar-refractivity contribution in [3.8, 4) is 0 Å². The van der Waals surface area contributed by atoms with Crippen molar-refractivity contribution in [1.82, 2.24) is 4.90 Å². The minimum atomic E-state index is -4.09. The van der Waals surface area contributed by atoms with E-state index < -0.39 is 10.1 Å². The molecular formula is C24H32Br2N2O4S. The van der Waals surface area contributed by atoms with E-state index in [0.717, 1.165) is 47.2 Å². The van der Waals surface area contributed by atoms with Gasteiger partial charge in [-0.15, -0.1) is 0 Å².